The summed E-state index contributed by atoms with van der Waals surface area (Å²) in [5.41, 5.74) is 2.51. The smallest absolute Gasteiger partial charge is 0.283 e. The Kier molecular flexibility index (Phi) is 6.26. The van der Waals surface area contributed by atoms with Crippen molar-refractivity contribution >= 4 is 39.8 Å². The maximum atomic E-state index is 12.8. The molecule has 0 saturated carbocycles. The standard InChI is InChI=1S/C27H21N5O5S/c1-2-34-22-11-16(5-7-20(22)35-14-17-6-8-21-23(12-17)37-15-36-21)10-19-24(28)32-27(30-25(19)33)38-26(31-32)18-4-3-9-29-13-18/h3-13,28H,2,14-15H2,1H3/b19-10-,28-24?. The summed E-state index contributed by atoms with van der Waals surface area (Å²) in [5.74, 6) is 1.93. The van der Waals surface area contributed by atoms with Crippen molar-refractivity contribution in [3.63, 3.8) is 0 Å². The van der Waals surface area contributed by atoms with Crippen LogP contribution in [0.1, 0.15) is 23.6 Å². The van der Waals surface area contributed by atoms with Gasteiger partial charge in [0.25, 0.3) is 5.91 Å². The third kappa shape index (κ3) is 4.59. The number of aromatic nitrogens is 1. The van der Waals surface area contributed by atoms with E-state index in [0.717, 1.165) is 11.1 Å². The van der Waals surface area contributed by atoms with E-state index in [4.69, 9.17) is 24.4 Å². The molecule has 11 heteroatoms. The summed E-state index contributed by atoms with van der Waals surface area (Å²) in [6.45, 7) is 2.83. The number of pyridine rings is 1. The zero-order chi connectivity index (χ0) is 26.1. The average molecular weight is 528 g/mol. The molecule has 190 valence electrons. The SMILES string of the molecule is CCOc1cc(/C=C2/C(=N)N3N=C(c4cccnc4)SC3=NC2=O)ccc1OCc1ccc2c(c1)OCO2. The van der Waals surface area contributed by atoms with Gasteiger partial charge in [-0.05, 0) is 72.3 Å². The van der Waals surface area contributed by atoms with Crippen molar-refractivity contribution in [1.29, 1.82) is 5.41 Å². The van der Waals surface area contributed by atoms with Crippen molar-refractivity contribution in [2.75, 3.05) is 13.4 Å². The van der Waals surface area contributed by atoms with Crippen molar-refractivity contribution < 1.29 is 23.7 Å². The second-order valence-corrected chi connectivity index (χ2v) is 9.24. The molecule has 3 aliphatic rings. The van der Waals surface area contributed by atoms with Gasteiger partial charge in [0, 0.05) is 18.0 Å². The summed E-state index contributed by atoms with van der Waals surface area (Å²) in [4.78, 5) is 21.1. The van der Waals surface area contributed by atoms with Gasteiger partial charge in [-0.1, -0.05) is 12.1 Å². The van der Waals surface area contributed by atoms with Crippen LogP contribution in [-0.2, 0) is 11.4 Å². The molecule has 0 unspecified atom stereocenters. The van der Waals surface area contributed by atoms with Crippen molar-refractivity contribution in [3.05, 3.63) is 83.2 Å². The lowest BCUT2D eigenvalue weighted by molar-refractivity contribution is -0.114. The van der Waals surface area contributed by atoms with Crippen LogP contribution in [0.5, 0.6) is 23.0 Å². The van der Waals surface area contributed by atoms with Crippen molar-refractivity contribution in [3.8, 4) is 23.0 Å². The van der Waals surface area contributed by atoms with Gasteiger partial charge in [0.2, 0.25) is 12.0 Å². The average Bonchev–Trinajstić information content (AvgIpc) is 3.58. The van der Waals surface area contributed by atoms with Crippen LogP contribution in [0.25, 0.3) is 6.08 Å². The molecule has 0 radical (unpaired) electrons. The number of aliphatic imine (C=N–C) groups is 1. The van der Waals surface area contributed by atoms with E-state index in [-0.39, 0.29) is 18.2 Å². The Labute approximate surface area is 222 Å². The van der Waals surface area contributed by atoms with E-state index in [0.29, 0.717) is 52.0 Å². The van der Waals surface area contributed by atoms with E-state index in [2.05, 4.69) is 15.1 Å². The Morgan fingerprint density at radius 1 is 1.11 bits per heavy atom. The van der Waals surface area contributed by atoms with Crippen LogP contribution in [-0.4, -0.2) is 45.3 Å². The van der Waals surface area contributed by atoms with Gasteiger partial charge in [0.05, 0.1) is 12.2 Å². The summed E-state index contributed by atoms with van der Waals surface area (Å²) in [5, 5.41) is 15.5. The topological polar surface area (TPSA) is 119 Å². The molecule has 2 aromatic carbocycles. The molecule has 0 saturated heterocycles. The maximum absolute atomic E-state index is 12.8. The molecule has 0 atom stereocenters. The predicted octanol–water partition coefficient (Wildman–Crippen LogP) is 4.46. The number of thioether (sulfide) groups is 1. The highest BCUT2D eigenvalue weighted by atomic mass is 32.2. The van der Waals surface area contributed by atoms with Crippen LogP contribution < -0.4 is 18.9 Å². The van der Waals surface area contributed by atoms with Crippen LogP contribution in [0.15, 0.2) is 76.6 Å². The number of ether oxygens (including phenoxy) is 4. The van der Waals surface area contributed by atoms with Crippen LogP contribution >= 0.6 is 11.8 Å². The molecule has 3 aromatic rings. The minimum atomic E-state index is -0.502. The van der Waals surface area contributed by atoms with E-state index >= 15 is 0 Å². The largest absolute Gasteiger partial charge is 0.490 e. The molecule has 1 aromatic heterocycles. The minimum absolute atomic E-state index is 0.0486. The number of benzene rings is 2. The number of hydrogen-bond donors (Lipinski definition) is 1. The minimum Gasteiger partial charge on any atom is -0.490 e. The van der Waals surface area contributed by atoms with Gasteiger partial charge >= 0.3 is 0 Å². The lowest BCUT2D eigenvalue weighted by atomic mass is 10.1. The molecule has 0 bridgehead atoms. The first-order chi connectivity index (χ1) is 18.6. The van der Waals surface area contributed by atoms with Gasteiger partial charge in [0.1, 0.15) is 11.7 Å². The monoisotopic (exact) mass is 527 g/mol. The molecule has 10 nitrogen and oxygen atoms in total. The number of nitrogens with one attached hydrogen (secondary N) is 1. The number of fused-ring (bicyclic) bond motifs is 2. The van der Waals surface area contributed by atoms with Gasteiger partial charge in [-0.25, -0.2) is 0 Å². The van der Waals surface area contributed by atoms with Gasteiger partial charge < -0.3 is 18.9 Å². The van der Waals surface area contributed by atoms with E-state index in [9.17, 15) is 4.79 Å². The molecule has 0 spiro atoms. The molecular weight excluding hydrogens is 506 g/mol. The third-order valence-electron chi connectivity index (χ3n) is 5.77. The van der Waals surface area contributed by atoms with E-state index in [1.165, 1.54) is 16.8 Å². The highest BCUT2D eigenvalue weighted by Gasteiger charge is 2.36. The maximum Gasteiger partial charge on any atom is 0.283 e. The quantitative estimate of drug-likeness (QED) is 0.448. The Bertz CT molecular complexity index is 1540. The zero-order valence-corrected chi connectivity index (χ0v) is 21.0. The second-order valence-electron chi connectivity index (χ2n) is 8.28. The first kappa shape index (κ1) is 23.7. The van der Waals surface area contributed by atoms with Gasteiger partial charge in [0.15, 0.2) is 28.8 Å². The molecule has 6 rings (SSSR count). The molecule has 4 heterocycles. The number of nitrogens with zero attached hydrogens (tertiary/aromatic N) is 4. The molecule has 1 amide bonds. The first-order valence-corrected chi connectivity index (χ1v) is 12.6. The molecule has 3 aliphatic heterocycles. The van der Waals surface area contributed by atoms with Crippen molar-refractivity contribution in [2.24, 2.45) is 10.1 Å². The van der Waals surface area contributed by atoms with Crippen LogP contribution in [0.3, 0.4) is 0 Å². The number of amides is 1. The summed E-state index contributed by atoms with van der Waals surface area (Å²) >= 11 is 1.23. The van der Waals surface area contributed by atoms with Crippen LogP contribution in [0.4, 0.5) is 0 Å². The second kappa shape index (κ2) is 10.0. The Morgan fingerprint density at radius 3 is 2.84 bits per heavy atom. The number of hydrazone groups is 1. The molecule has 38 heavy (non-hydrogen) atoms. The summed E-state index contributed by atoms with van der Waals surface area (Å²) in [7, 11) is 0. The number of rotatable bonds is 7. The molecule has 0 aliphatic carbocycles. The van der Waals surface area contributed by atoms with E-state index < -0.39 is 5.91 Å². The lowest BCUT2D eigenvalue weighted by Gasteiger charge is -2.20. The summed E-state index contributed by atoms with van der Waals surface area (Å²) in [6, 6.07) is 14.7. The van der Waals surface area contributed by atoms with E-state index in [1.54, 1.807) is 42.7 Å². The highest BCUT2D eigenvalue weighted by molar-refractivity contribution is 8.27. The van der Waals surface area contributed by atoms with E-state index in [1.807, 2.05) is 31.2 Å². The zero-order valence-electron chi connectivity index (χ0n) is 20.2. The van der Waals surface area contributed by atoms with Crippen molar-refractivity contribution in [1.82, 2.24) is 9.99 Å². The Hall–Kier alpha value is -4.64. The summed E-state index contributed by atoms with van der Waals surface area (Å²) in [6.07, 6.45) is 4.96. The predicted molar refractivity (Wildman–Crippen MR) is 143 cm³/mol. The number of hydrogen-bond acceptors (Lipinski definition) is 9. The van der Waals surface area contributed by atoms with Gasteiger partial charge in [-0.2, -0.15) is 15.1 Å². The third-order valence-corrected chi connectivity index (χ3v) is 6.73. The fourth-order valence-corrected chi connectivity index (χ4v) is 4.84. The van der Waals surface area contributed by atoms with Crippen LogP contribution in [0.2, 0.25) is 0 Å². The normalized spacial score (nSPS) is 16.9. The van der Waals surface area contributed by atoms with Gasteiger partial charge in [-0.3, -0.25) is 15.2 Å². The van der Waals surface area contributed by atoms with Crippen molar-refractivity contribution in [2.45, 2.75) is 13.5 Å². The fraction of sp³-hybridized carbons (Fsp3) is 0.148. The van der Waals surface area contributed by atoms with Crippen LogP contribution in [0, 0.1) is 5.41 Å². The number of amidine groups is 2. The number of carbonyl (C=O) groups is 1. The Balaban J connectivity index is 1.23. The van der Waals surface area contributed by atoms with Gasteiger partial charge in [-0.15, -0.1) is 0 Å². The fourth-order valence-electron chi connectivity index (χ4n) is 3.96. The molecule has 1 N–H and O–H groups in total. The first-order valence-electron chi connectivity index (χ1n) is 11.8. The summed E-state index contributed by atoms with van der Waals surface area (Å²) < 4.78 is 22.6. The molecular formula is C27H21N5O5S. The number of carbonyl (C=O) groups excluding carboxylic acids is 1. The Morgan fingerprint density at radius 2 is 2.00 bits per heavy atom. The lowest BCUT2D eigenvalue weighted by Crippen LogP contribution is -2.35. The molecule has 0 fully saturated rings. The highest BCUT2D eigenvalue weighted by Crippen LogP contribution is 2.35.